The highest BCUT2D eigenvalue weighted by atomic mass is 16.6. The standard InChI is InChI=1S/C14H22N2O3/c1-4-6-12(15-5-2)9-11-10-13(19-3)7-8-14(11)16(17)18/h7-8,10,12,15H,4-6,9H2,1-3H3. The maximum atomic E-state index is 11.1. The van der Waals surface area contributed by atoms with Gasteiger partial charge in [0.1, 0.15) is 5.75 Å². The maximum absolute atomic E-state index is 11.1. The Labute approximate surface area is 114 Å². The van der Waals surface area contributed by atoms with Crippen LogP contribution in [0.4, 0.5) is 5.69 Å². The van der Waals surface area contributed by atoms with Gasteiger partial charge in [-0.15, -0.1) is 0 Å². The fourth-order valence-corrected chi connectivity index (χ4v) is 2.21. The molecule has 0 spiro atoms. The Morgan fingerprint density at radius 3 is 2.68 bits per heavy atom. The molecule has 1 N–H and O–H groups in total. The van der Waals surface area contributed by atoms with E-state index in [9.17, 15) is 10.1 Å². The third-order valence-corrected chi connectivity index (χ3v) is 3.08. The number of nitro benzene ring substituents is 1. The molecule has 0 heterocycles. The Balaban J connectivity index is 2.97. The molecule has 5 heteroatoms. The van der Waals surface area contributed by atoms with Gasteiger partial charge in [-0.1, -0.05) is 20.3 Å². The van der Waals surface area contributed by atoms with Gasteiger partial charge in [0.2, 0.25) is 0 Å². The summed E-state index contributed by atoms with van der Waals surface area (Å²) >= 11 is 0. The van der Waals surface area contributed by atoms with Crippen LogP contribution in [0.1, 0.15) is 32.3 Å². The predicted octanol–water partition coefficient (Wildman–Crippen LogP) is 2.92. The summed E-state index contributed by atoms with van der Waals surface area (Å²) in [4.78, 5) is 10.7. The lowest BCUT2D eigenvalue weighted by Gasteiger charge is -2.17. The molecule has 0 radical (unpaired) electrons. The van der Waals surface area contributed by atoms with Gasteiger partial charge in [-0.2, -0.15) is 0 Å². The molecule has 0 bridgehead atoms. The largest absolute Gasteiger partial charge is 0.497 e. The van der Waals surface area contributed by atoms with Gasteiger partial charge in [-0.25, -0.2) is 0 Å². The summed E-state index contributed by atoms with van der Waals surface area (Å²) in [5, 5.41) is 14.4. The molecule has 106 valence electrons. The zero-order valence-electron chi connectivity index (χ0n) is 11.8. The van der Waals surface area contributed by atoms with E-state index < -0.39 is 0 Å². The van der Waals surface area contributed by atoms with Gasteiger partial charge >= 0.3 is 0 Å². The predicted molar refractivity (Wildman–Crippen MR) is 75.7 cm³/mol. The van der Waals surface area contributed by atoms with Crippen molar-refractivity contribution in [1.82, 2.24) is 5.32 Å². The van der Waals surface area contributed by atoms with Crippen LogP contribution in [0, 0.1) is 10.1 Å². The van der Waals surface area contributed by atoms with Crippen molar-refractivity contribution < 1.29 is 9.66 Å². The maximum Gasteiger partial charge on any atom is 0.272 e. The lowest BCUT2D eigenvalue weighted by atomic mass is 10.0. The molecule has 0 aliphatic carbocycles. The quantitative estimate of drug-likeness (QED) is 0.580. The van der Waals surface area contributed by atoms with Crippen LogP contribution in [0.5, 0.6) is 5.75 Å². The topological polar surface area (TPSA) is 64.4 Å². The second kappa shape index (κ2) is 7.74. The third kappa shape index (κ3) is 4.52. The van der Waals surface area contributed by atoms with Crippen molar-refractivity contribution in [3.63, 3.8) is 0 Å². The number of nitrogens with zero attached hydrogens (tertiary/aromatic N) is 1. The lowest BCUT2D eigenvalue weighted by molar-refractivity contribution is -0.385. The first-order valence-electron chi connectivity index (χ1n) is 6.67. The van der Waals surface area contributed by atoms with Crippen molar-refractivity contribution in [2.75, 3.05) is 13.7 Å². The van der Waals surface area contributed by atoms with Crippen molar-refractivity contribution in [2.45, 2.75) is 39.2 Å². The van der Waals surface area contributed by atoms with Gasteiger partial charge in [0.05, 0.1) is 12.0 Å². The van der Waals surface area contributed by atoms with Gasteiger partial charge in [-0.3, -0.25) is 10.1 Å². The van der Waals surface area contributed by atoms with Crippen LogP contribution in [0.15, 0.2) is 18.2 Å². The number of ether oxygens (including phenoxy) is 1. The lowest BCUT2D eigenvalue weighted by Crippen LogP contribution is -2.31. The first-order valence-corrected chi connectivity index (χ1v) is 6.67. The van der Waals surface area contributed by atoms with E-state index in [0.717, 1.165) is 24.9 Å². The van der Waals surface area contributed by atoms with E-state index in [4.69, 9.17) is 4.74 Å². The van der Waals surface area contributed by atoms with Crippen LogP contribution >= 0.6 is 0 Å². The van der Waals surface area contributed by atoms with Crippen molar-refractivity contribution in [3.05, 3.63) is 33.9 Å². The highest BCUT2D eigenvalue weighted by Gasteiger charge is 2.18. The summed E-state index contributed by atoms with van der Waals surface area (Å²) in [7, 11) is 1.57. The van der Waals surface area contributed by atoms with Crippen LogP contribution < -0.4 is 10.1 Å². The zero-order chi connectivity index (χ0) is 14.3. The van der Waals surface area contributed by atoms with Crippen molar-refractivity contribution >= 4 is 5.69 Å². The number of hydrogen-bond donors (Lipinski definition) is 1. The van der Waals surface area contributed by atoms with Crippen LogP contribution in [-0.4, -0.2) is 24.6 Å². The van der Waals surface area contributed by atoms with E-state index in [1.807, 2.05) is 6.92 Å². The number of likely N-dealkylation sites (N-methyl/N-ethyl adjacent to an activating group) is 1. The molecule has 0 aliphatic heterocycles. The van der Waals surface area contributed by atoms with Crippen molar-refractivity contribution in [3.8, 4) is 5.75 Å². The van der Waals surface area contributed by atoms with Crippen LogP contribution in [0.25, 0.3) is 0 Å². The van der Waals surface area contributed by atoms with Gasteiger partial charge in [0.25, 0.3) is 5.69 Å². The van der Waals surface area contributed by atoms with E-state index in [0.29, 0.717) is 12.2 Å². The third-order valence-electron chi connectivity index (χ3n) is 3.08. The molecule has 1 aromatic rings. The number of methoxy groups -OCH3 is 1. The smallest absolute Gasteiger partial charge is 0.272 e. The average Bonchev–Trinajstić information content (AvgIpc) is 2.38. The molecule has 0 fully saturated rings. The summed E-state index contributed by atoms with van der Waals surface area (Å²) in [5.41, 5.74) is 0.892. The molecular formula is C14H22N2O3. The second-order valence-electron chi connectivity index (χ2n) is 4.50. The molecule has 1 rings (SSSR count). The Hall–Kier alpha value is -1.62. The zero-order valence-corrected chi connectivity index (χ0v) is 11.8. The SMILES string of the molecule is CCCC(Cc1cc(OC)ccc1[N+](=O)[O-])NCC. The summed E-state index contributed by atoms with van der Waals surface area (Å²) in [6.07, 6.45) is 2.70. The molecule has 19 heavy (non-hydrogen) atoms. The number of benzene rings is 1. The van der Waals surface area contributed by atoms with Crippen LogP contribution in [-0.2, 0) is 6.42 Å². The van der Waals surface area contributed by atoms with E-state index >= 15 is 0 Å². The molecule has 0 aliphatic rings. The molecule has 5 nitrogen and oxygen atoms in total. The average molecular weight is 266 g/mol. The summed E-state index contributed by atoms with van der Waals surface area (Å²) in [6.45, 7) is 5.02. The summed E-state index contributed by atoms with van der Waals surface area (Å²) < 4.78 is 5.15. The first kappa shape index (κ1) is 15.4. The monoisotopic (exact) mass is 266 g/mol. The Bertz CT molecular complexity index is 415. The summed E-state index contributed by atoms with van der Waals surface area (Å²) in [5.74, 6) is 0.660. The normalized spacial score (nSPS) is 12.2. The van der Waals surface area contributed by atoms with E-state index in [1.54, 1.807) is 19.2 Å². The first-order chi connectivity index (χ1) is 9.12. The molecule has 0 aromatic heterocycles. The fraction of sp³-hybridized carbons (Fsp3) is 0.571. The van der Waals surface area contributed by atoms with Crippen LogP contribution in [0.3, 0.4) is 0 Å². The molecule has 0 saturated heterocycles. The molecule has 0 saturated carbocycles. The van der Waals surface area contributed by atoms with E-state index in [-0.39, 0.29) is 16.7 Å². The molecule has 0 amide bonds. The molecule has 1 aromatic carbocycles. The van der Waals surface area contributed by atoms with E-state index in [2.05, 4.69) is 12.2 Å². The Kier molecular flexibility index (Phi) is 6.29. The number of rotatable bonds is 8. The molecule has 1 unspecified atom stereocenters. The number of hydrogen-bond acceptors (Lipinski definition) is 4. The van der Waals surface area contributed by atoms with Gasteiger partial charge < -0.3 is 10.1 Å². The minimum atomic E-state index is -0.330. The highest BCUT2D eigenvalue weighted by Crippen LogP contribution is 2.25. The van der Waals surface area contributed by atoms with Crippen LogP contribution in [0.2, 0.25) is 0 Å². The Morgan fingerprint density at radius 2 is 2.16 bits per heavy atom. The van der Waals surface area contributed by atoms with Crippen molar-refractivity contribution in [2.24, 2.45) is 0 Å². The minimum Gasteiger partial charge on any atom is -0.497 e. The Morgan fingerprint density at radius 1 is 1.42 bits per heavy atom. The second-order valence-corrected chi connectivity index (χ2v) is 4.50. The minimum absolute atomic E-state index is 0.166. The number of nitro groups is 1. The van der Waals surface area contributed by atoms with E-state index in [1.165, 1.54) is 6.07 Å². The highest BCUT2D eigenvalue weighted by molar-refractivity contribution is 5.45. The fourth-order valence-electron chi connectivity index (χ4n) is 2.21. The van der Waals surface area contributed by atoms with Gasteiger partial charge in [-0.05, 0) is 31.5 Å². The van der Waals surface area contributed by atoms with Gasteiger partial charge in [0, 0.05) is 17.7 Å². The molecule has 1 atom stereocenters. The van der Waals surface area contributed by atoms with Gasteiger partial charge in [0.15, 0.2) is 0 Å². The molecular weight excluding hydrogens is 244 g/mol. The van der Waals surface area contributed by atoms with Crippen molar-refractivity contribution in [1.29, 1.82) is 0 Å². The number of nitrogens with one attached hydrogen (secondary N) is 1. The summed E-state index contributed by atoms with van der Waals surface area (Å²) in [6, 6.07) is 5.17.